The summed E-state index contributed by atoms with van der Waals surface area (Å²) in [5, 5.41) is 4.07. The van der Waals surface area contributed by atoms with Gasteiger partial charge in [-0.05, 0) is 36.7 Å². The minimum atomic E-state index is 0.707. The molecule has 1 aromatic heterocycles. The minimum Gasteiger partial charge on any atom is -0.329 e. The van der Waals surface area contributed by atoms with Crippen molar-refractivity contribution in [2.45, 2.75) is 19.9 Å². The Balaban J connectivity index is 2.18. The highest BCUT2D eigenvalue weighted by atomic mass is 35.5. The van der Waals surface area contributed by atoms with Crippen molar-refractivity contribution in [1.82, 2.24) is 10.3 Å². The molecule has 20 heavy (non-hydrogen) atoms. The van der Waals surface area contributed by atoms with Crippen molar-refractivity contribution >= 4 is 23.1 Å². The molecular weight excluding hydrogens is 270 g/mol. The third-order valence-electron chi connectivity index (χ3n) is 3.15. The summed E-state index contributed by atoms with van der Waals surface area (Å²) in [5.74, 6) is 0.897. The number of aromatic nitrogens is 1. The summed E-state index contributed by atoms with van der Waals surface area (Å²) in [6.45, 7) is 3.91. The fourth-order valence-corrected chi connectivity index (χ4v) is 2.14. The van der Waals surface area contributed by atoms with Crippen molar-refractivity contribution in [3.8, 4) is 0 Å². The Hall–Kier alpha value is -1.58. The molecule has 0 fully saturated rings. The van der Waals surface area contributed by atoms with E-state index in [0.29, 0.717) is 5.02 Å². The van der Waals surface area contributed by atoms with Crippen molar-refractivity contribution in [1.29, 1.82) is 0 Å². The summed E-state index contributed by atoms with van der Waals surface area (Å²) >= 11 is 6.20. The van der Waals surface area contributed by atoms with Gasteiger partial charge in [0.2, 0.25) is 0 Å². The summed E-state index contributed by atoms with van der Waals surface area (Å²) in [6, 6.07) is 12.2. The van der Waals surface area contributed by atoms with E-state index < -0.39 is 0 Å². The molecule has 1 N–H and O–H groups in total. The van der Waals surface area contributed by atoms with E-state index in [2.05, 4.69) is 34.3 Å². The van der Waals surface area contributed by atoms with Crippen LogP contribution in [0.2, 0.25) is 5.02 Å². The summed E-state index contributed by atoms with van der Waals surface area (Å²) < 4.78 is 0. The number of halogens is 1. The average molecular weight is 290 g/mol. The molecule has 1 heterocycles. The molecule has 0 radical (unpaired) electrons. The Morgan fingerprint density at radius 1 is 1.25 bits per heavy atom. The van der Waals surface area contributed by atoms with Gasteiger partial charge < -0.3 is 10.2 Å². The van der Waals surface area contributed by atoms with E-state index in [-0.39, 0.29) is 0 Å². The largest absolute Gasteiger partial charge is 0.329 e. The molecule has 2 rings (SSSR count). The third-order valence-corrected chi connectivity index (χ3v) is 3.49. The van der Waals surface area contributed by atoms with Gasteiger partial charge in [-0.15, -0.1) is 0 Å². The zero-order valence-electron chi connectivity index (χ0n) is 11.9. The van der Waals surface area contributed by atoms with Crippen LogP contribution in [0.15, 0.2) is 42.6 Å². The van der Waals surface area contributed by atoms with E-state index in [1.165, 1.54) is 0 Å². The fourth-order valence-electron chi connectivity index (χ4n) is 1.97. The number of nitrogens with zero attached hydrogens (tertiary/aromatic N) is 2. The second-order valence-corrected chi connectivity index (χ2v) is 5.11. The SMILES string of the molecule is CCCNCc1cc(N(C)c2ccccc2)ncc1Cl. The lowest BCUT2D eigenvalue weighted by atomic mass is 10.2. The van der Waals surface area contributed by atoms with Crippen molar-refractivity contribution < 1.29 is 0 Å². The molecule has 0 unspecified atom stereocenters. The molecule has 0 aliphatic heterocycles. The molecule has 4 heteroatoms. The number of benzene rings is 1. The number of anilines is 2. The third kappa shape index (κ3) is 3.71. The van der Waals surface area contributed by atoms with E-state index in [0.717, 1.165) is 36.6 Å². The lowest BCUT2D eigenvalue weighted by molar-refractivity contribution is 0.675. The van der Waals surface area contributed by atoms with Gasteiger partial charge in [0, 0.05) is 25.5 Å². The molecular formula is C16H20ClN3. The predicted octanol–water partition coefficient (Wildman–Crippen LogP) is 4.00. The Bertz CT molecular complexity index is 543. The van der Waals surface area contributed by atoms with Crippen molar-refractivity contribution in [3.05, 3.63) is 53.2 Å². The zero-order valence-corrected chi connectivity index (χ0v) is 12.7. The van der Waals surface area contributed by atoms with Gasteiger partial charge >= 0.3 is 0 Å². The molecule has 0 bridgehead atoms. The predicted molar refractivity (Wildman–Crippen MR) is 85.7 cm³/mol. The summed E-state index contributed by atoms with van der Waals surface area (Å²) in [4.78, 5) is 6.46. The molecule has 2 aromatic rings. The molecule has 1 aromatic carbocycles. The standard InChI is InChI=1S/C16H20ClN3/c1-3-9-18-11-13-10-16(19-12-15(13)17)20(2)14-7-5-4-6-8-14/h4-8,10,12,18H,3,9,11H2,1-2H3. The summed E-state index contributed by atoms with van der Waals surface area (Å²) in [7, 11) is 2.01. The van der Waals surface area contributed by atoms with Crippen LogP contribution in [-0.2, 0) is 6.54 Å². The summed E-state index contributed by atoms with van der Waals surface area (Å²) in [6.07, 6.45) is 2.83. The Morgan fingerprint density at radius 2 is 2.00 bits per heavy atom. The van der Waals surface area contributed by atoms with Crippen LogP contribution in [0.3, 0.4) is 0 Å². The highest BCUT2D eigenvalue weighted by Gasteiger charge is 2.08. The lowest BCUT2D eigenvalue weighted by Crippen LogP contribution is -2.16. The van der Waals surface area contributed by atoms with Crippen LogP contribution in [0.4, 0.5) is 11.5 Å². The number of pyridine rings is 1. The van der Waals surface area contributed by atoms with Crippen LogP contribution in [0.1, 0.15) is 18.9 Å². The van der Waals surface area contributed by atoms with E-state index in [9.17, 15) is 0 Å². The van der Waals surface area contributed by atoms with Gasteiger partial charge in [-0.25, -0.2) is 4.98 Å². The monoisotopic (exact) mass is 289 g/mol. The Morgan fingerprint density at radius 3 is 2.70 bits per heavy atom. The molecule has 3 nitrogen and oxygen atoms in total. The van der Waals surface area contributed by atoms with Gasteiger partial charge in [-0.2, -0.15) is 0 Å². The minimum absolute atomic E-state index is 0.707. The van der Waals surface area contributed by atoms with Crippen LogP contribution in [-0.4, -0.2) is 18.6 Å². The quantitative estimate of drug-likeness (QED) is 0.815. The van der Waals surface area contributed by atoms with E-state index >= 15 is 0 Å². The van der Waals surface area contributed by atoms with E-state index in [4.69, 9.17) is 11.6 Å². The van der Waals surface area contributed by atoms with Gasteiger partial charge in [0.1, 0.15) is 5.82 Å². The molecule has 0 atom stereocenters. The number of hydrogen-bond acceptors (Lipinski definition) is 3. The van der Waals surface area contributed by atoms with Gasteiger partial charge in [-0.3, -0.25) is 0 Å². The first-order valence-electron chi connectivity index (χ1n) is 6.86. The van der Waals surface area contributed by atoms with Gasteiger partial charge in [0.25, 0.3) is 0 Å². The normalized spacial score (nSPS) is 10.6. The smallest absolute Gasteiger partial charge is 0.133 e. The van der Waals surface area contributed by atoms with Crippen LogP contribution in [0.25, 0.3) is 0 Å². The number of hydrogen-bond donors (Lipinski definition) is 1. The van der Waals surface area contributed by atoms with Crippen LogP contribution in [0.5, 0.6) is 0 Å². The first kappa shape index (κ1) is 14.8. The molecule has 0 saturated heterocycles. The van der Waals surface area contributed by atoms with Crippen molar-refractivity contribution in [2.24, 2.45) is 0 Å². The number of para-hydroxylation sites is 1. The molecule has 0 saturated carbocycles. The number of nitrogens with one attached hydrogen (secondary N) is 1. The molecule has 0 aliphatic carbocycles. The van der Waals surface area contributed by atoms with E-state index in [1.807, 2.05) is 31.3 Å². The Kier molecular flexibility index (Phi) is 5.39. The van der Waals surface area contributed by atoms with Gasteiger partial charge in [0.15, 0.2) is 0 Å². The first-order chi connectivity index (χ1) is 9.72. The van der Waals surface area contributed by atoms with Crippen molar-refractivity contribution in [2.75, 3.05) is 18.5 Å². The highest BCUT2D eigenvalue weighted by Crippen LogP contribution is 2.25. The second kappa shape index (κ2) is 7.27. The molecule has 0 aliphatic rings. The lowest BCUT2D eigenvalue weighted by Gasteiger charge is -2.19. The molecule has 0 amide bonds. The molecule has 0 spiro atoms. The molecule has 106 valence electrons. The Labute approximate surface area is 125 Å². The maximum atomic E-state index is 6.20. The van der Waals surface area contributed by atoms with Gasteiger partial charge in [0.05, 0.1) is 5.02 Å². The maximum absolute atomic E-state index is 6.20. The zero-order chi connectivity index (χ0) is 14.4. The fraction of sp³-hybridized carbons (Fsp3) is 0.312. The topological polar surface area (TPSA) is 28.2 Å². The average Bonchev–Trinajstić information content (AvgIpc) is 2.49. The van der Waals surface area contributed by atoms with Crippen molar-refractivity contribution in [3.63, 3.8) is 0 Å². The van der Waals surface area contributed by atoms with Crippen LogP contribution >= 0.6 is 11.6 Å². The van der Waals surface area contributed by atoms with Crippen LogP contribution < -0.4 is 10.2 Å². The van der Waals surface area contributed by atoms with E-state index in [1.54, 1.807) is 6.20 Å². The second-order valence-electron chi connectivity index (χ2n) is 4.71. The summed E-state index contributed by atoms with van der Waals surface area (Å²) in [5.41, 5.74) is 2.18. The first-order valence-corrected chi connectivity index (χ1v) is 7.24. The van der Waals surface area contributed by atoms with Crippen LogP contribution in [0, 0.1) is 0 Å². The number of rotatable bonds is 6. The highest BCUT2D eigenvalue weighted by molar-refractivity contribution is 6.31. The van der Waals surface area contributed by atoms with Gasteiger partial charge in [-0.1, -0.05) is 36.7 Å². The maximum Gasteiger partial charge on any atom is 0.133 e.